The number of pyridine rings is 1. The summed E-state index contributed by atoms with van der Waals surface area (Å²) in [6, 6.07) is 7.74. The van der Waals surface area contributed by atoms with E-state index in [0.29, 0.717) is 12.2 Å². The van der Waals surface area contributed by atoms with Crippen LogP contribution in [-0.2, 0) is 24.1 Å². The number of aromatic nitrogens is 1. The Balaban J connectivity index is 2.01. The summed E-state index contributed by atoms with van der Waals surface area (Å²) in [6.07, 6.45) is 4.41. The van der Waals surface area contributed by atoms with Crippen LogP contribution >= 0.6 is 0 Å². The Hall–Kier alpha value is -2.60. The summed E-state index contributed by atoms with van der Waals surface area (Å²) in [4.78, 5) is 16.0. The number of ether oxygens (including phenoxy) is 1. The highest BCUT2D eigenvalue weighted by Crippen LogP contribution is 2.18. The van der Waals surface area contributed by atoms with Gasteiger partial charge < -0.3 is 16.2 Å². The highest BCUT2D eigenvalue weighted by molar-refractivity contribution is 5.84. The molecule has 25 heavy (non-hydrogen) atoms. The molecule has 1 amide bonds. The molecule has 0 saturated heterocycles. The van der Waals surface area contributed by atoms with Crippen LogP contribution < -0.4 is 16.8 Å². The van der Waals surface area contributed by atoms with Crippen molar-refractivity contribution in [1.29, 1.82) is 0 Å². The molecule has 2 aromatic rings. The van der Waals surface area contributed by atoms with Crippen LogP contribution in [0.3, 0.4) is 0 Å². The summed E-state index contributed by atoms with van der Waals surface area (Å²) in [5, 5.41) is 2.70. The normalized spacial score (nSPS) is 11.2. The number of amides is 1. The van der Waals surface area contributed by atoms with E-state index in [2.05, 4.69) is 10.3 Å². The molecule has 0 unspecified atom stereocenters. The van der Waals surface area contributed by atoms with Gasteiger partial charge in [-0.3, -0.25) is 10.3 Å². The predicted molar refractivity (Wildman–Crippen MR) is 100 cm³/mol. The molecule has 0 aliphatic carbocycles. The fourth-order valence-corrected chi connectivity index (χ4v) is 2.40. The second-order valence-corrected chi connectivity index (χ2v) is 6.95. The van der Waals surface area contributed by atoms with Crippen LogP contribution in [0.25, 0.3) is 0 Å². The predicted octanol–water partition coefficient (Wildman–Crippen LogP) is 3.25. The average molecular weight is 342 g/mol. The lowest BCUT2D eigenvalue weighted by molar-refractivity contribution is 0.0636. The van der Waals surface area contributed by atoms with Gasteiger partial charge in [0.25, 0.3) is 0 Å². The lowest BCUT2D eigenvalue weighted by Gasteiger charge is -2.19. The first kappa shape index (κ1) is 18.7. The molecule has 1 aromatic carbocycles. The van der Waals surface area contributed by atoms with Gasteiger partial charge in [-0.25, -0.2) is 4.79 Å². The molecule has 6 heteroatoms. The minimum absolute atomic E-state index is 0.490. The Morgan fingerprint density at radius 2 is 1.92 bits per heavy atom. The first-order valence-corrected chi connectivity index (χ1v) is 8.28. The number of aryl methyl sites for hydroxylation is 2. The summed E-state index contributed by atoms with van der Waals surface area (Å²) in [5.41, 5.74) is 15.7. The van der Waals surface area contributed by atoms with Crippen molar-refractivity contribution >= 4 is 17.5 Å². The van der Waals surface area contributed by atoms with Crippen LogP contribution in [0.4, 0.5) is 16.2 Å². The summed E-state index contributed by atoms with van der Waals surface area (Å²) in [7, 11) is 0. The molecule has 134 valence electrons. The molecule has 2 rings (SSSR count). The van der Waals surface area contributed by atoms with E-state index in [1.807, 2.05) is 45.0 Å². The molecule has 0 aliphatic heterocycles. The van der Waals surface area contributed by atoms with Crippen LogP contribution in [0.5, 0.6) is 0 Å². The zero-order valence-electron chi connectivity index (χ0n) is 15.0. The minimum atomic E-state index is -0.541. The molecular weight excluding hydrogens is 316 g/mol. The van der Waals surface area contributed by atoms with Gasteiger partial charge in [0.15, 0.2) is 0 Å². The molecule has 1 heterocycles. The summed E-state index contributed by atoms with van der Waals surface area (Å²) in [6.45, 7) is 5.95. The van der Waals surface area contributed by atoms with Crippen LogP contribution in [0.15, 0.2) is 36.7 Å². The maximum Gasteiger partial charge on any atom is 0.412 e. The van der Waals surface area contributed by atoms with Crippen molar-refractivity contribution in [2.24, 2.45) is 5.73 Å². The average Bonchev–Trinajstić information content (AvgIpc) is 2.52. The highest BCUT2D eigenvalue weighted by Gasteiger charge is 2.16. The molecule has 0 bridgehead atoms. The van der Waals surface area contributed by atoms with Crippen LogP contribution in [-0.4, -0.2) is 16.7 Å². The number of anilines is 2. The Morgan fingerprint density at radius 3 is 2.60 bits per heavy atom. The van der Waals surface area contributed by atoms with Crippen LogP contribution in [0.2, 0.25) is 0 Å². The van der Waals surface area contributed by atoms with Gasteiger partial charge in [-0.05, 0) is 62.4 Å². The van der Waals surface area contributed by atoms with Crippen LogP contribution in [0.1, 0.15) is 37.5 Å². The largest absolute Gasteiger partial charge is 0.444 e. The number of rotatable bonds is 5. The number of benzene rings is 1. The van der Waals surface area contributed by atoms with Crippen molar-refractivity contribution < 1.29 is 9.53 Å². The molecular formula is C19H26N4O2. The molecule has 5 N–H and O–H groups in total. The molecule has 0 atom stereocenters. The van der Waals surface area contributed by atoms with E-state index in [1.165, 1.54) is 0 Å². The molecule has 0 aliphatic rings. The van der Waals surface area contributed by atoms with Gasteiger partial charge in [-0.1, -0.05) is 12.1 Å². The van der Waals surface area contributed by atoms with Crippen molar-refractivity contribution in [1.82, 2.24) is 4.98 Å². The van der Waals surface area contributed by atoms with Gasteiger partial charge in [0.1, 0.15) is 5.60 Å². The third-order valence-electron chi connectivity index (χ3n) is 3.57. The topological polar surface area (TPSA) is 103 Å². The lowest BCUT2D eigenvalue weighted by atomic mass is 10.0. The van der Waals surface area contributed by atoms with E-state index in [0.717, 1.165) is 35.2 Å². The van der Waals surface area contributed by atoms with Gasteiger partial charge in [0.05, 0.1) is 11.9 Å². The zero-order valence-corrected chi connectivity index (χ0v) is 15.0. The summed E-state index contributed by atoms with van der Waals surface area (Å²) in [5.74, 6) is 0. The highest BCUT2D eigenvalue weighted by atomic mass is 16.6. The summed E-state index contributed by atoms with van der Waals surface area (Å²) >= 11 is 0. The van der Waals surface area contributed by atoms with E-state index >= 15 is 0 Å². The zero-order chi connectivity index (χ0) is 18.4. The molecule has 0 spiro atoms. The molecule has 0 fully saturated rings. The Morgan fingerprint density at radius 1 is 1.16 bits per heavy atom. The smallest absolute Gasteiger partial charge is 0.412 e. The van der Waals surface area contributed by atoms with Crippen molar-refractivity contribution in [3.8, 4) is 0 Å². The number of nitrogens with zero attached hydrogens (tertiary/aromatic N) is 1. The van der Waals surface area contributed by atoms with E-state index in [1.54, 1.807) is 12.4 Å². The monoisotopic (exact) mass is 342 g/mol. The number of nitrogen functional groups attached to an aromatic ring is 1. The number of nitrogens with two attached hydrogens (primary N) is 2. The van der Waals surface area contributed by atoms with E-state index in [9.17, 15) is 4.79 Å². The minimum Gasteiger partial charge on any atom is -0.444 e. The van der Waals surface area contributed by atoms with Gasteiger partial charge in [-0.15, -0.1) is 0 Å². The third-order valence-corrected chi connectivity index (χ3v) is 3.57. The quantitative estimate of drug-likeness (QED) is 0.724. The van der Waals surface area contributed by atoms with Gasteiger partial charge in [0.2, 0.25) is 0 Å². The summed E-state index contributed by atoms with van der Waals surface area (Å²) < 4.78 is 5.25. The van der Waals surface area contributed by atoms with Crippen molar-refractivity contribution in [2.45, 2.75) is 45.8 Å². The maximum atomic E-state index is 11.8. The van der Waals surface area contributed by atoms with Crippen molar-refractivity contribution in [2.75, 3.05) is 11.1 Å². The number of hydrogen-bond donors (Lipinski definition) is 3. The van der Waals surface area contributed by atoms with E-state index < -0.39 is 11.7 Å². The first-order chi connectivity index (χ1) is 11.8. The Labute approximate surface area is 148 Å². The van der Waals surface area contributed by atoms with Gasteiger partial charge in [0, 0.05) is 18.4 Å². The molecule has 6 nitrogen and oxygen atoms in total. The fourth-order valence-electron chi connectivity index (χ4n) is 2.40. The number of hydrogen-bond acceptors (Lipinski definition) is 5. The SMILES string of the molecule is CC(C)(C)OC(=O)Nc1cncc(CCc2cc(CN)ccc2N)c1. The number of nitrogens with one attached hydrogen (secondary N) is 1. The number of carbonyl (C=O) groups is 1. The van der Waals surface area contributed by atoms with Gasteiger partial charge in [-0.2, -0.15) is 0 Å². The molecule has 0 radical (unpaired) electrons. The standard InChI is InChI=1S/C19H26N4O2/c1-19(2,3)25-18(24)23-16-9-14(11-22-12-16)4-6-15-8-13(10-20)5-7-17(15)21/h5,7-9,11-12H,4,6,10,20-21H2,1-3H3,(H,23,24). The third kappa shape index (κ3) is 6.08. The van der Waals surface area contributed by atoms with Crippen molar-refractivity contribution in [3.63, 3.8) is 0 Å². The second-order valence-electron chi connectivity index (χ2n) is 6.95. The number of carbonyl (C=O) groups excluding carboxylic acids is 1. The second kappa shape index (κ2) is 7.98. The van der Waals surface area contributed by atoms with Gasteiger partial charge >= 0.3 is 6.09 Å². The molecule has 0 saturated carbocycles. The molecule has 1 aromatic heterocycles. The van der Waals surface area contributed by atoms with E-state index in [4.69, 9.17) is 16.2 Å². The Bertz CT molecular complexity index is 738. The lowest BCUT2D eigenvalue weighted by Crippen LogP contribution is -2.27. The Kier molecular flexibility index (Phi) is 5.98. The maximum absolute atomic E-state index is 11.8. The first-order valence-electron chi connectivity index (χ1n) is 8.28. The van der Waals surface area contributed by atoms with Crippen LogP contribution in [0, 0.1) is 0 Å². The fraction of sp³-hybridized carbons (Fsp3) is 0.368. The van der Waals surface area contributed by atoms with Crippen molar-refractivity contribution in [3.05, 3.63) is 53.3 Å². The van der Waals surface area contributed by atoms with E-state index in [-0.39, 0.29) is 0 Å².